The van der Waals surface area contributed by atoms with E-state index in [0.717, 1.165) is 0 Å². The molecule has 0 aromatic heterocycles. The predicted octanol–water partition coefficient (Wildman–Crippen LogP) is 6.24. The maximum atomic E-state index is 4.31. The van der Waals surface area contributed by atoms with Crippen LogP contribution in [0.5, 0.6) is 0 Å². The van der Waals surface area contributed by atoms with Crippen LogP contribution in [-0.2, 0) is 0 Å². The van der Waals surface area contributed by atoms with Gasteiger partial charge < -0.3 is 0 Å². The Morgan fingerprint density at radius 2 is 0.824 bits per heavy atom. The second kappa shape index (κ2) is 6.90. The first-order valence-electron chi connectivity index (χ1n) is 7.55. The molecule has 0 spiro atoms. The summed E-state index contributed by atoms with van der Waals surface area (Å²) in [6, 6.07) is 8.65. The van der Waals surface area contributed by atoms with Gasteiger partial charge in [-0.1, -0.05) is 101 Å². The zero-order valence-electron chi connectivity index (χ0n) is 13.1. The molecule has 0 aliphatic rings. The molecule has 0 aromatic carbocycles. The fourth-order valence-electron chi connectivity index (χ4n) is 4.05. The summed E-state index contributed by atoms with van der Waals surface area (Å²) in [5.41, 5.74) is 0. The molecule has 0 bridgehead atoms. The van der Waals surface area contributed by atoms with Crippen molar-refractivity contribution in [3.63, 3.8) is 0 Å². The van der Waals surface area contributed by atoms with Crippen LogP contribution < -0.4 is 0 Å². The molecule has 0 saturated heterocycles. The van der Waals surface area contributed by atoms with Crippen LogP contribution in [0, 0.1) is 0 Å². The van der Waals surface area contributed by atoms with Crippen LogP contribution in [-0.4, -0.2) is 19.7 Å². The van der Waals surface area contributed by atoms with E-state index in [9.17, 15) is 0 Å². The van der Waals surface area contributed by atoms with E-state index >= 15 is 0 Å². The Bertz CT molecular complexity index is 180. The van der Waals surface area contributed by atoms with Crippen LogP contribution in [0.4, 0.5) is 0 Å². The minimum atomic E-state index is -1.16. The molecule has 0 aliphatic heterocycles. The lowest BCUT2D eigenvalue weighted by Gasteiger charge is -2.53. The van der Waals surface area contributed by atoms with Crippen LogP contribution in [0.15, 0.2) is 0 Å². The third-order valence-corrected chi connectivity index (χ3v) is 26.4. The van der Waals surface area contributed by atoms with Crippen LogP contribution in [0.25, 0.3) is 0 Å². The molecule has 0 atom stereocenters. The van der Waals surface area contributed by atoms with E-state index in [2.05, 4.69) is 64.4 Å². The standard InChI is InChI=1S/C14H33BrSi2/c1-8-16(9-2,10-3)14(7,15)17(11-4,12-5)13-6/h8-13H2,1-7H3. The maximum absolute atomic E-state index is 4.31. The van der Waals surface area contributed by atoms with Crippen molar-refractivity contribution in [3.05, 3.63) is 0 Å². The van der Waals surface area contributed by atoms with Crippen molar-refractivity contribution in [2.75, 3.05) is 0 Å². The van der Waals surface area contributed by atoms with Gasteiger partial charge in [0.1, 0.15) is 0 Å². The summed E-state index contributed by atoms with van der Waals surface area (Å²) in [6.45, 7) is 17.2. The molecule has 0 nitrogen and oxygen atoms in total. The van der Waals surface area contributed by atoms with Crippen molar-refractivity contribution in [1.82, 2.24) is 0 Å². The molecule has 0 N–H and O–H groups in total. The summed E-state index contributed by atoms with van der Waals surface area (Å²) in [5, 5.41) is 0. The number of rotatable bonds is 8. The molecule has 0 radical (unpaired) electrons. The summed E-state index contributed by atoms with van der Waals surface area (Å²) in [7, 11) is -2.33. The van der Waals surface area contributed by atoms with Gasteiger partial charge in [-0.05, 0) is 0 Å². The van der Waals surface area contributed by atoms with Gasteiger partial charge >= 0.3 is 0 Å². The highest BCUT2D eigenvalue weighted by Gasteiger charge is 2.56. The molecule has 0 amide bonds. The Balaban J connectivity index is 5.60. The second-order valence-corrected chi connectivity index (χ2v) is 20.6. The SMILES string of the molecule is CC[Si](CC)(CC)C(C)(Br)[Si](CC)(CC)CC. The van der Waals surface area contributed by atoms with Gasteiger partial charge in [0.05, 0.1) is 16.1 Å². The Hall–Kier alpha value is 0.914. The number of halogens is 1. The van der Waals surface area contributed by atoms with Crippen molar-refractivity contribution in [2.24, 2.45) is 0 Å². The first-order chi connectivity index (χ1) is 7.86. The molecule has 0 heterocycles. The lowest BCUT2D eigenvalue weighted by Crippen LogP contribution is -2.67. The lowest BCUT2D eigenvalue weighted by molar-refractivity contribution is 0.964. The Kier molecular flexibility index (Phi) is 7.27. The van der Waals surface area contributed by atoms with Crippen molar-refractivity contribution in [3.8, 4) is 0 Å². The van der Waals surface area contributed by atoms with E-state index in [0.29, 0.717) is 3.57 Å². The van der Waals surface area contributed by atoms with Gasteiger partial charge in [-0.3, -0.25) is 0 Å². The predicted molar refractivity (Wildman–Crippen MR) is 91.7 cm³/mol. The molecule has 3 heteroatoms. The van der Waals surface area contributed by atoms with Gasteiger partial charge in [0.15, 0.2) is 0 Å². The average Bonchev–Trinajstić information content (AvgIpc) is 2.34. The van der Waals surface area contributed by atoms with E-state index in [-0.39, 0.29) is 0 Å². The number of hydrogen-bond donors (Lipinski definition) is 0. The summed E-state index contributed by atoms with van der Waals surface area (Å²) in [5.74, 6) is 0. The molecule has 0 saturated carbocycles. The van der Waals surface area contributed by atoms with Gasteiger partial charge in [0.25, 0.3) is 0 Å². The zero-order chi connectivity index (χ0) is 13.7. The molecular formula is C14H33BrSi2. The van der Waals surface area contributed by atoms with Crippen LogP contribution in [0.2, 0.25) is 36.3 Å². The molecule has 0 unspecified atom stereocenters. The van der Waals surface area contributed by atoms with Crippen molar-refractivity contribution >= 4 is 32.1 Å². The van der Waals surface area contributed by atoms with E-state index < -0.39 is 16.1 Å². The Morgan fingerprint density at radius 1 is 0.647 bits per heavy atom. The van der Waals surface area contributed by atoms with E-state index in [4.69, 9.17) is 0 Å². The normalized spacial score (nSPS) is 14.1. The third kappa shape index (κ3) is 2.76. The third-order valence-electron chi connectivity index (χ3n) is 6.05. The largest absolute Gasteiger partial charge is 0.0924 e. The second-order valence-electron chi connectivity index (χ2n) is 5.68. The van der Waals surface area contributed by atoms with Crippen molar-refractivity contribution in [1.29, 1.82) is 0 Å². The molecule has 0 rings (SSSR count). The molecule has 17 heavy (non-hydrogen) atoms. The molecule has 104 valence electrons. The van der Waals surface area contributed by atoms with Gasteiger partial charge in [-0.2, -0.15) is 0 Å². The summed E-state index contributed by atoms with van der Waals surface area (Å²) < 4.78 is 0.517. The number of hydrogen-bond acceptors (Lipinski definition) is 0. The van der Waals surface area contributed by atoms with Gasteiger partial charge in [-0.25, -0.2) is 0 Å². The van der Waals surface area contributed by atoms with E-state index in [1.54, 1.807) is 0 Å². The molecule has 0 aliphatic carbocycles. The summed E-state index contributed by atoms with van der Waals surface area (Å²) >= 11 is 4.31. The molecule has 0 fully saturated rings. The van der Waals surface area contributed by atoms with Gasteiger partial charge in [-0.15, -0.1) is 0 Å². The fourth-order valence-corrected chi connectivity index (χ4v) is 23.8. The topological polar surface area (TPSA) is 0 Å². The van der Waals surface area contributed by atoms with Crippen molar-refractivity contribution < 1.29 is 0 Å². The van der Waals surface area contributed by atoms with Crippen LogP contribution in [0.3, 0.4) is 0 Å². The highest BCUT2D eigenvalue weighted by molar-refractivity contribution is 9.11. The van der Waals surface area contributed by atoms with E-state index in [1.165, 1.54) is 36.3 Å². The fraction of sp³-hybridized carbons (Fsp3) is 1.00. The minimum Gasteiger partial charge on any atom is -0.0924 e. The van der Waals surface area contributed by atoms with Gasteiger partial charge in [0.2, 0.25) is 0 Å². The minimum absolute atomic E-state index is 0.517. The Morgan fingerprint density at radius 3 is 0.941 bits per heavy atom. The highest BCUT2D eigenvalue weighted by atomic mass is 79.9. The maximum Gasteiger partial charge on any atom is 0.0680 e. The summed E-state index contributed by atoms with van der Waals surface area (Å²) in [4.78, 5) is 0. The first-order valence-corrected chi connectivity index (χ1v) is 13.6. The summed E-state index contributed by atoms with van der Waals surface area (Å²) in [6.07, 6.45) is 0. The van der Waals surface area contributed by atoms with E-state index in [1.807, 2.05) is 0 Å². The van der Waals surface area contributed by atoms with Crippen LogP contribution in [0.1, 0.15) is 48.5 Å². The monoisotopic (exact) mass is 336 g/mol. The zero-order valence-corrected chi connectivity index (χ0v) is 16.7. The highest BCUT2D eigenvalue weighted by Crippen LogP contribution is 2.49. The van der Waals surface area contributed by atoms with Gasteiger partial charge in [0, 0.05) is 3.57 Å². The molecular weight excluding hydrogens is 304 g/mol. The van der Waals surface area contributed by atoms with Crippen molar-refractivity contribution in [2.45, 2.75) is 88.3 Å². The first kappa shape index (κ1) is 17.9. The average molecular weight is 337 g/mol. The smallest absolute Gasteiger partial charge is 0.0680 e. The van der Waals surface area contributed by atoms with Crippen LogP contribution >= 0.6 is 15.9 Å². The number of alkyl halides is 1. The lowest BCUT2D eigenvalue weighted by atomic mass is 10.9. The molecule has 0 aromatic rings. The Labute approximate surface area is 120 Å². The quantitative estimate of drug-likeness (QED) is 0.363.